The van der Waals surface area contributed by atoms with Gasteiger partial charge in [-0.25, -0.2) is 4.79 Å². The predicted molar refractivity (Wildman–Crippen MR) is 124 cm³/mol. The van der Waals surface area contributed by atoms with E-state index in [1.165, 1.54) is 15.9 Å². The Balaban J connectivity index is 2.23. The van der Waals surface area contributed by atoms with Crippen LogP contribution in [0.5, 0.6) is 0 Å². The van der Waals surface area contributed by atoms with E-state index in [4.69, 9.17) is 5.11 Å². The van der Waals surface area contributed by atoms with Crippen LogP contribution < -0.4 is 11.2 Å². The fourth-order valence-electron chi connectivity index (χ4n) is 2.96. The molecule has 2 heterocycles. The first-order chi connectivity index (χ1) is 12.9. The first kappa shape index (κ1) is 21.0. The smallest absolute Gasteiger partial charge is 0.331 e. The maximum absolute atomic E-state index is 13.0. The number of rotatable bonds is 6. The monoisotopic (exact) mass is 612 g/mol. The van der Waals surface area contributed by atoms with Crippen LogP contribution >= 0.6 is 56.5 Å². The highest BCUT2D eigenvalue weighted by molar-refractivity contribution is 14.1. The molecular weight excluding hydrogens is 594 g/mol. The molecular formula is C18H18I2N2O4S. The van der Waals surface area contributed by atoms with E-state index in [0.717, 1.165) is 17.4 Å². The third kappa shape index (κ3) is 3.88. The van der Waals surface area contributed by atoms with Crippen LogP contribution in [-0.4, -0.2) is 26.0 Å². The van der Waals surface area contributed by atoms with Gasteiger partial charge in [0.2, 0.25) is 0 Å². The van der Waals surface area contributed by atoms with Gasteiger partial charge in [0.05, 0.1) is 8.27 Å². The van der Waals surface area contributed by atoms with Crippen molar-refractivity contribution in [1.82, 2.24) is 9.13 Å². The second-order valence-electron chi connectivity index (χ2n) is 6.12. The van der Waals surface area contributed by atoms with Crippen LogP contribution in [0, 0.1) is 2.88 Å². The number of fused-ring (bicyclic) bond motifs is 1. The van der Waals surface area contributed by atoms with Crippen LogP contribution in [0.3, 0.4) is 0 Å². The van der Waals surface area contributed by atoms with E-state index >= 15 is 0 Å². The molecule has 1 atom stereocenters. The maximum atomic E-state index is 13.0. The molecule has 0 bridgehead atoms. The molecule has 1 aromatic carbocycles. The Morgan fingerprint density at radius 1 is 1.22 bits per heavy atom. The Kier molecular flexibility index (Phi) is 6.77. The number of aromatic nitrogens is 2. The van der Waals surface area contributed by atoms with E-state index in [-0.39, 0.29) is 13.2 Å². The van der Waals surface area contributed by atoms with Crippen molar-refractivity contribution in [1.29, 1.82) is 0 Å². The number of alkyl halides is 1. The van der Waals surface area contributed by atoms with Gasteiger partial charge in [0, 0.05) is 30.2 Å². The van der Waals surface area contributed by atoms with Crippen molar-refractivity contribution in [3.63, 3.8) is 0 Å². The van der Waals surface area contributed by atoms with Crippen molar-refractivity contribution in [2.75, 3.05) is 6.61 Å². The lowest BCUT2D eigenvalue weighted by Crippen LogP contribution is -2.39. The molecule has 6 nitrogen and oxygen atoms in total. The number of thiophene rings is 1. The molecule has 9 heteroatoms. The number of aliphatic hydroxyl groups is 2. The van der Waals surface area contributed by atoms with Gasteiger partial charge < -0.3 is 10.2 Å². The molecule has 0 aliphatic heterocycles. The Hall–Kier alpha value is -0.760. The number of aryl methyl sites for hydroxylation is 1. The summed E-state index contributed by atoms with van der Waals surface area (Å²) in [5.74, 6) is 0. The average molecular weight is 612 g/mol. The predicted octanol–water partition coefficient (Wildman–Crippen LogP) is 2.77. The van der Waals surface area contributed by atoms with Gasteiger partial charge in [-0.15, -0.1) is 11.3 Å². The molecule has 2 aromatic heterocycles. The molecule has 0 saturated heterocycles. The van der Waals surface area contributed by atoms with E-state index in [1.54, 1.807) is 7.05 Å². The average Bonchev–Trinajstić information content (AvgIpc) is 3.03. The van der Waals surface area contributed by atoms with E-state index in [2.05, 4.69) is 45.2 Å². The highest BCUT2D eigenvalue weighted by Gasteiger charge is 2.25. The van der Waals surface area contributed by atoms with Crippen LogP contribution in [0.4, 0.5) is 0 Å². The minimum atomic E-state index is -0.953. The highest BCUT2D eigenvalue weighted by Crippen LogP contribution is 2.36. The van der Waals surface area contributed by atoms with Crippen LogP contribution in [-0.2, 0) is 18.0 Å². The summed E-state index contributed by atoms with van der Waals surface area (Å²) in [6, 6.07) is 7.65. The summed E-state index contributed by atoms with van der Waals surface area (Å²) >= 11 is 5.71. The molecule has 0 aliphatic carbocycles. The van der Waals surface area contributed by atoms with Crippen molar-refractivity contribution >= 4 is 66.7 Å². The topological polar surface area (TPSA) is 84.5 Å². The van der Waals surface area contributed by atoms with E-state index < -0.39 is 17.4 Å². The SMILES string of the molecule is Cn1c(=O)n(CCCO)c(=O)c2c(C(O)c3ccc(CI)cc3)c(I)sc21. The second kappa shape index (κ2) is 8.72. The highest BCUT2D eigenvalue weighted by atomic mass is 127. The van der Waals surface area contributed by atoms with E-state index in [0.29, 0.717) is 27.8 Å². The molecule has 3 rings (SSSR count). The lowest BCUT2D eigenvalue weighted by Gasteiger charge is -2.13. The second-order valence-corrected chi connectivity index (χ2v) is 9.70. The summed E-state index contributed by atoms with van der Waals surface area (Å²) < 4.78 is 4.23. The number of aliphatic hydroxyl groups excluding tert-OH is 2. The zero-order valence-electron chi connectivity index (χ0n) is 14.5. The van der Waals surface area contributed by atoms with Crippen molar-refractivity contribution in [2.24, 2.45) is 7.05 Å². The maximum Gasteiger partial charge on any atom is 0.331 e. The molecule has 0 amide bonds. The Labute approximate surface area is 186 Å². The van der Waals surface area contributed by atoms with Gasteiger partial charge in [0.1, 0.15) is 10.9 Å². The third-order valence-electron chi connectivity index (χ3n) is 4.43. The van der Waals surface area contributed by atoms with Crippen molar-refractivity contribution in [3.05, 3.63) is 64.7 Å². The lowest BCUT2D eigenvalue weighted by molar-refractivity contribution is 0.221. The molecule has 0 saturated carbocycles. The lowest BCUT2D eigenvalue weighted by atomic mass is 10.0. The minimum Gasteiger partial charge on any atom is -0.396 e. The first-order valence-corrected chi connectivity index (χ1v) is 11.7. The number of nitrogens with zero attached hydrogens (tertiary/aromatic N) is 2. The summed E-state index contributed by atoms with van der Waals surface area (Å²) in [4.78, 5) is 26.1. The van der Waals surface area contributed by atoms with E-state index in [1.807, 2.05) is 24.3 Å². The molecule has 0 spiro atoms. The molecule has 0 aliphatic rings. The molecule has 3 aromatic rings. The molecule has 144 valence electrons. The van der Waals surface area contributed by atoms with Crippen molar-refractivity contribution < 1.29 is 10.2 Å². The molecule has 0 radical (unpaired) electrons. The van der Waals surface area contributed by atoms with Crippen molar-refractivity contribution in [3.8, 4) is 0 Å². The zero-order valence-corrected chi connectivity index (χ0v) is 19.6. The van der Waals surface area contributed by atoms with Gasteiger partial charge in [-0.2, -0.15) is 0 Å². The number of benzene rings is 1. The molecule has 0 fully saturated rings. The van der Waals surface area contributed by atoms with Gasteiger partial charge >= 0.3 is 5.69 Å². The summed E-state index contributed by atoms with van der Waals surface area (Å²) in [7, 11) is 1.62. The summed E-state index contributed by atoms with van der Waals surface area (Å²) in [5.41, 5.74) is 1.57. The Morgan fingerprint density at radius 2 is 1.89 bits per heavy atom. The number of hydrogen-bond donors (Lipinski definition) is 2. The van der Waals surface area contributed by atoms with E-state index in [9.17, 15) is 14.7 Å². The minimum absolute atomic E-state index is 0.104. The number of hydrogen-bond acceptors (Lipinski definition) is 5. The van der Waals surface area contributed by atoms with Crippen molar-refractivity contribution in [2.45, 2.75) is 23.5 Å². The molecule has 2 N–H and O–H groups in total. The Bertz CT molecular complexity index is 1090. The quantitative estimate of drug-likeness (QED) is 0.332. The van der Waals surface area contributed by atoms with Crippen LogP contribution in [0.15, 0.2) is 33.9 Å². The van der Waals surface area contributed by atoms with Crippen LogP contribution in [0.1, 0.15) is 29.2 Å². The van der Waals surface area contributed by atoms with Crippen LogP contribution in [0.25, 0.3) is 10.2 Å². The summed E-state index contributed by atoms with van der Waals surface area (Å²) in [5, 5.41) is 20.4. The van der Waals surface area contributed by atoms with Gasteiger partial charge in [-0.05, 0) is 40.1 Å². The molecule has 27 heavy (non-hydrogen) atoms. The Morgan fingerprint density at radius 3 is 2.48 bits per heavy atom. The molecule has 1 unspecified atom stereocenters. The zero-order chi connectivity index (χ0) is 19.7. The van der Waals surface area contributed by atoms with Crippen LogP contribution in [0.2, 0.25) is 0 Å². The normalized spacial score (nSPS) is 12.6. The summed E-state index contributed by atoms with van der Waals surface area (Å²) in [6.45, 7) is 0.0394. The third-order valence-corrected chi connectivity index (χ3v) is 7.62. The van der Waals surface area contributed by atoms with Gasteiger partial charge in [-0.1, -0.05) is 46.9 Å². The summed E-state index contributed by atoms with van der Waals surface area (Å²) in [6.07, 6.45) is -0.636. The standard InChI is InChI=1S/C18H18I2N2O4S/c1-21-17-13(16(25)22(18(21)26)7-2-8-23)12(15(20)27-17)14(24)11-5-3-10(9-19)4-6-11/h3-6,14,23-24H,2,7-9H2,1H3. The van der Waals surface area contributed by atoms with Gasteiger partial charge in [-0.3, -0.25) is 13.9 Å². The largest absolute Gasteiger partial charge is 0.396 e. The first-order valence-electron chi connectivity index (χ1n) is 8.26. The fourth-order valence-corrected chi connectivity index (χ4v) is 5.67. The van der Waals surface area contributed by atoms with Gasteiger partial charge in [0.25, 0.3) is 5.56 Å². The van der Waals surface area contributed by atoms with Gasteiger partial charge in [0.15, 0.2) is 0 Å². The fraction of sp³-hybridized carbons (Fsp3) is 0.333. The number of halogens is 2.